The molecule has 0 saturated carbocycles. The van der Waals surface area contributed by atoms with Crippen LogP contribution in [0.4, 0.5) is 5.69 Å². The molecule has 2 aromatic rings. The third-order valence-corrected chi connectivity index (χ3v) is 4.06. The molecule has 1 aromatic carbocycles. The van der Waals surface area contributed by atoms with Gasteiger partial charge in [0.25, 0.3) is 0 Å². The van der Waals surface area contributed by atoms with Crippen LogP contribution in [0.15, 0.2) is 47.1 Å². The molecule has 0 radical (unpaired) electrons. The second-order valence-corrected chi connectivity index (χ2v) is 5.51. The highest BCUT2D eigenvalue weighted by Gasteiger charge is 2.29. The molecule has 0 amide bonds. The van der Waals surface area contributed by atoms with Crippen molar-refractivity contribution in [2.75, 3.05) is 11.4 Å². The summed E-state index contributed by atoms with van der Waals surface area (Å²) in [6, 6.07) is 14.3. The summed E-state index contributed by atoms with van der Waals surface area (Å²) >= 11 is 0. The fraction of sp³-hybridized carbons (Fsp3) is 0.353. The van der Waals surface area contributed by atoms with Crippen molar-refractivity contribution < 1.29 is 4.42 Å². The number of furan rings is 1. The van der Waals surface area contributed by atoms with Gasteiger partial charge in [-0.05, 0) is 55.2 Å². The van der Waals surface area contributed by atoms with E-state index < -0.39 is 0 Å². The Bertz CT molecular complexity index is 595. The normalized spacial score (nSPS) is 22.5. The topological polar surface area (TPSA) is 40.2 Å². The Hall–Kier alpha value is -2.21. The van der Waals surface area contributed by atoms with Crippen LogP contribution in [0.5, 0.6) is 0 Å². The van der Waals surface area contributed by atoms with Crippen LogP contribution in [0.25, 0.3) is 0 Å². The summed E-state index contributed by atoms with van der Waals surface area (Å²) in [7, 11) is 0. The largest absolute Gasteiger partial charge is 0.467 e. The molecule has 2 heterocycles. The van der Waals surface area contributed by atoms with Crippen LogP contribution >= 0.6 is 0 Å². The Kier molecular flexibility index (Phi) is 3.47. The lowest BCUT2D eigenvalue weighted by Gasteiger charge is -2.39. The highest BCUT2D eigenvalue weighted by molar-refractivity contribution is 5.51. The molecule has 3 rings (SSSR count). The first kappa shape index (κ1) is 12.8. The third-order valence-electron chi connectivity index (χ3n) is 4.06. The van der Waals surface area contributed by atoms with Crippen LogP contribution in [-0.2, 0) is 0 Å². The number of anilines is 1. The van der Waals surface area contributed by atoms with Gasteiger partial charge in [-0.15, -0.1) is 0 Å². The van der Waals surface area contributed by atoms with Crippen LogP contribution in [0.2, 0.25) is 0 Å². The van der Waals surface area contributed by atoms with Crippen molar-refractivity contribution in [3.63, 3.8) is 0 Å². The molecule has 2 unspecified atom stereocenters. The Labute approximate surface area is 119 Å². The highest BCUT2D eigenvalue weighted by Crippen LogP contribution is 2.37. The molecule has 20 heavy (non-hydrogen) atoms. The van der Waals surface area contributed by atoms with Crippen LogP contribution in [0.3, 0.4) is 0 Å². The molecule has 0 spiro atoms. The summed E-state index contributed by atoms with van der Waals surface area (Å²) in [6.07, 6.45) is 4.04. The van der Waals surface area contributed by atoms with Gasteiger partial charge in [-0.3, -0.25) is 0 Å². The second kappa shape index (κ2) is 5.42. The first-order valence-corrected chi connectivity index (χ1v) is 7.08. The van der Waals surface area contributed by atoms with Crippen LogP contribution < -0.4 is 4.90 Å². The molecule has 3 nitrogen and oxygen atoms in total. The molecule has 0 N–H and O–H groups in total. The fourth-order valence-corrected chi connectivity index (χ4v) is 2.93. The fourth-order valence-electron chi connectivity index (χ4n) is 2.93. The molecule has 1 fully saturated rings. The van der Waals surface area contributed by atoms with Gasteiger partial charge in [0.15, 0.2) is 0 Å². The van der Waals surface area contributed by atoms with E-state index >= 15 is 0 Å². The van der Waals surface area contributed by atoms with Gasteiger partial charge < -0.3 is 9.32 Å². The molecule has 0 aliphatic carbocycles. The predicted octanol–water partition coefficient (Wildman–Crippen LogP) is 4.13. The maximum Gasteiger partial charge on any atom is 0.126 e. The van der Waals surface area contributed by atoms with Crippen LogP contribution in [0.1, 0.15) is 37.1 Å². The first-order valence-electron chi connectivity index (χ1n) is 7.08. The summed E-state index contributed by atoms with van der Waals surface area (Å²) in [5.74, 6) is 1.74. The van der Waals surface area contributed by atoms with Gasteiger partial charge in [0.1, 0.15) is 5.76 Å². The van der Waals surface area contributed by atoms with Gasteiger partial charge in [0, 0.05) is 12.2 Å². The number of piperidine rings is 1. The zero-order chi connectivity index (χ0) is 13.9. The molecular formula is C17H18N2O. The van der Waals surface area contributed by atoms with Crippen LogP contribution in [-0.4, -0.2) is 6.54 Å². The minimum Gasteiger partial charge on any atom is -0.467 e. The summed E-state index contributed by atoms with van der Waals surface area (Å²) < 4.78 is 5.62. The highest BCUT2D eigenvalue weighted by atomic mass is 16.3. The van der Waals surface area contributed by atoms with Crippen molar-refractivity contribution >= 4 is 5.69 Å². The van der Waals surface area contributed by atoms with Gasteiger partial charge in [-0.1, -0.05) is 6.92 Å². The van der Waals surface area contributed by atoms with E-state index in [1.807, 2.05) is 30.3 Å². The van der Waals surface area contributed by atoms with E-state index in [9.17, 15) is 0 Å². The van der Waals surface area contributed by atoms with Gasteiger partial charge in [0.05, 0.1) is 23.9 Å². The minimum atomic E-state index is 0.293. The van der Waals surface area contributed by atoms with Crippen molar-refractivity contribution in [1.82, 2.24) is 0 Å². The lowest BCUT2D eigenvalue weighted by atomic mass is 9.90. The zero-order valence-electron chi connectivity index (χ0n) is 11.6. The Morgan fingerprint density at radius 2 is 2.05 bits per heavy atom. The lowest BCUT2D eigenvalue weighted by Crippen LogP contribution is -2.36. The van der Waals surface area contributed by atoms with Crippen LogP contribution in [0, 0.1) is 17.2 Å². The number of benzene rings is 1. The van der Waals surface area contributed by atoms with E-state index in [1.165, 1.54) is 6.42 Å². The quantitative estimate of drug-likeness (QED) is 0.820. The maximum atomic E-state index is 8.90. The lowest BCUT2D eigenvalue weighted by molar-refractivity contribution is 0.328. The standard InChI is InChI=1S/C17H18N2O/c1-13-8-9-19(15-6-4-14(12-18)5-7-15)16(11-13)17-3-2-10-20-17/h2-7,10,13,16H,8-9,11H2,1H3. The summed E-state index contributed by atoms with van der Waals surface area (Å²) in [5, 5.41) is 8.90. The van der Waals surface area contributed by atoms with E-state index in [4.69, 9.17) is 9.68 Å². The SMILES string of the molecule is CC1CCN(c2ccc(C#N)cc2)C(c2ccco2)C1. The summed E-state index contributed by atoms with van der Waals surface area (Å²) in [4.78, 5) is 2.39. The van der Waals surface area contributed by atoms with Crippen molar-refractivity contribution in [2.24, 2.45) is 5.92 Å². The van der Waals surface area contributed by atoms with Crippen molar-refractivity contribution in [1.29, 1.82) is 5.26 Å². The van der Waals surface area contributed by atoms with Crippen molar-refractivity contribution in [3.05, 3.63) is 54.0 Å². The number of nitrogens with zero attached hydrogens (tertiary/aromatic N) is 2. The van der Waals surface area contributed by atoms with Gasteiger partial charge in [-0.2, -0.15) is 5.26 Å². The first-order chi connectivity index (χ1) is 9.78. The molecule has 1 aromatic heterocycles. The van der Waals surface area contributed by atoms with E-state index in [0.717, 1.165) is 24.4 Å². The monoisotopic (exact) mass is 266 g/mol. The molecule has 1 aliphatic rings. The Morgan fingerprint density at radius 1 is 1.25 bits per heavy atom. The Balaban J connectivity index is 1.90. The number of hydrogen-bond acceptors (Lipinski definition) is 3. The summed E-state index contributed by atoms with van der Waals surface area (Å²) in [6.45, 7) is 3.32. The number of nitriles is 1. The second-order valence-electron chi connectivity index (χ2n) is 5.51. The Morgan fingerprint density at radius 3 is 2.70 bits per heavy atom. The number of rotatable bonds is 2. The molecule has 0 bridgehead atoms. The summed E-state index contributed by atoms with van der Waals surface area (Å²) in [5.41, 5.74) is 1.87. The maximum absolute atomic E-state index is 8.90. The minimum absolute atomic E-state index is 0.293. The average molecular weight is 266 g/mol. The van der Waals surface area contributed by atoms with E-state index in [1.54, 1.807) is 6.26 Å². The smallest absolute Gasteiger partial charge is 0.126 e. The van der Waals surface area contributed by atoms with E-state index in [-0.39, 0.29) is 0 Å². The third kappa shape index (κ3) is 2.42. The van der Waals surface area contributed by atoms with Gasteiger partial charge in [0.2, 0.25) is 0 Å². The van der Waals surface area contributed by atoms with Crippen molar-refractivity contribution in [3.8, 4) is 6.07 Å². The molecule has 1 saturated heterocycles. The predicted molar refractivity (Wildman–Crippen MR) is 78.4 cm³/mol. The van der Waals surface area contributed by atoms with E-state index in [0.29, 0.717) is 17.5 Å². The number of hydrogen-bond donors (Lipinski definition) is 0. The molecule has 3 heteroatoms. The van der Waals surface area contributed by atoms with Crippen molar-refractivity contribution in [2.45, 2.75) is 25.8 Å². The van der Waals surface area contributed by atoms with Gasteiger partial charge in [-0.25, -0.2) is 0 Å². The van der Waals surface area contributed by atoms with E-state index in [2.05, 4.69) is 24.0 Å². The van der Waals surface area contributed by atoms with Gasteiger partial charge >= 0.3 is 0 Å². The molecule has 1 aliphatic heterocycles. The average Bonchev–Trinajstić information content (AvgIpc) is 3.01. The molecule has 2 atom stereocenters. The molecule has 102 valence electrons. The zero-order valence-corrected chi connectivity index (χ0v) is 11.6. The molecular weight excluding hydrogens is 248 g/mol.